The van der Waals surface area contributed by atoms with Crippen molar-refractivity contribution in [3.05, 3.63) is 23.8 Å². The summed E-state index contributed by atoms with van der Waals surface area (Å²) in [6.07, 6.45) is 3.86. The number of aromatic nitrogens is 2. The number of piperazine rings is 1. The van der Waals surface area contributed by atoms with Gasteiger partial charge in [-0.15, -0.1) is 0 Å². The van der Waals surface area contributed by atoms with Crippen LogP contribution in [0.4, 0.5) is 0 Å². The van der Waals surface area contributed by atoms with Crippen molar-refractivity contribution in [2.75, 3.05) is 30.9 Å². The van der Waals surface area contributed by atoms with E-state index in [2.05, 4.69) is 9.97 Å². The van der Waals surface area contributed by atoms with Gasteiger partial charge in [-0.1, -0.05) is 0 Å². The van der Waals surface area contributed by atoms with Crippen molar-refractivity contribution in [1.29, 1.82) is 0 Å². The lowest BCUT2D eigenvalue weighted by Crippen LogP contribution is -2.61. The number of aryl methyl sites for hydroxylation is 1. The molecule has 0 spiro atoms. The molecular weight excluding hydrogens is 356 g/mol. The van der Waals surface area contributed by atoms with Crippen LogP contribution in [0.3, 0.4) is 0 Å². The summed E-state index contributed by atoms with van der Waals surface area (Å²) in [7, 11) is -6.96. The highest BCUT2D eigenvalue weighted by atomic mass is 32.2. The van der Waals surface area contributed by atoms with Crippen molar-refractivity contribution in [3.8, 4) is 0 Å². The molecule has 0 saturated carbocycles. The van der Waals surface area contributed by atoms with Gasteiger partial charge in [-0.3, -0.25) is 9.78 Å². The van der Waals surface area contributed by atoms with Crippen LogP contribution in [0, 0.1) is 6.92 Å². The lowest BCUT2D eigenvalue weighted by atomic mass is 10.1. The quantitative estimate of drug-likeness (QED) is 0.629. The third kappa shape index (κ3) is 3.15. The number of sulfonamides is 1. The first kappa shape index (κ1) is 17.2. The van der Waals surface area contributed by atoms with Gasteiger partial charge in [0.25, 0.3) is 5.91 Å². The lowest BCUT2D eigenvalue weighted by Gasteiger charge is -2.42. The first-order valence-electron chi connectivity index (χ1n) is 7.35. The van der Waals surface area contributed by atoms with Crippen LogP contribution in [-0.4, -0.2) is 84.9 Å². The standard InChI is InChI=1S/C13H18N4O5S2/c1-9-5-15-10(6-14-9)13(18)16-3-4-17(23(2,19)20)12-8-24(21,22)7-11(12)16/h5-6,11-12H,3-4,7-8H2,1-2H3/t11-,12+/m0/s1. The summed E-state index contributed by atoms with van der Waals surface area (Å²) in [6.45, 7) is 1.93. The van der Waals surface area contributed by atoms with Crippen LogP contribution in [0.2, 0.25) is 0 Å². The largest absolute Gasteiger partial charge is 0.330 e. The van der Waals surface area contributed by atoms with E-state index in [-0.39, 0.29) is 30.3 Å². The summed E-state index contributed by atoms with van der Waals surface area (Å²) in [5, 5.41) is 0. The van der Waals surface area contributed by atoms with Crippen LogP contribution in [0.25, 0.3) is 0 Å². The van der Waals surface area contributed by atoms with Crippen molar-refractivity contribution in [2.24, 2.45) is 0 Å². The highest BCUT2D eigenvalue weighted by molar-refractivity contribution is 7.92. The average Bonchev–Trinajstić information content (AvgIpc) is 2.79. The van der Waals surface area contributed by atoms with Gasteiger partial charge in [0, 0.05) is 19.3 Å². The molecule has 0 unspecified atom stereocenters. The summed E-state index contributed by atoms with van der Waals surface area (Å²) in [5.41, 5.74) is 0.784. The highest BCUT2D eigenvalue weighted by Crippen LogP contribution is 2.29. The van der Waals surface area contributed by atoms with E-state index in [1.807, 2.05) is 0 Å². The minimum Gasteiger partial charge on any atom is -0.330 e. The third-order valence-electron chi connectivity index (χ3n) is 4.31. The number of hydrogen-bond donors (Lipinski definition) is 0. The second kappa shape index (κ2) is 5.74. The molecule has 1 aromatic heterocycles. The Hall–Kier alpha value is -1.59. The minimum atomic E-state index is -3.55. The maximum atomic E-state index is 12.7. The fourth-order valence-corrected chi connectivity index (χ4v) is 6.43. The van der Waals surface area contributed by atoms with E-state index in [9.17, 15) is 21.6 Å². The van der Waals surface area contributed by atoms with E-state index in [1.165, 1.54) is 21.6 Å². The zero-order valence-electron chi connectivity index (χ0n) is 13.3. The number of fused-ring (bicyclic) bond motifs is 1. The molecule has 132 valence electrons. The van der Waals surface area contributed by atoms with Crippen LogP contribution in [0.1, 0.15) is 16.2 Å². The molecule has 11 heteroatoms. The predicted molar refractivity (Wildman–Crippen MR) is 85.6 cm³/mol. The number of nitrogens with zero attached hydrogens (tertiary/aromatic N) is 4. The Labute approximate surface area is 140 Å². The zero-order chi connectivity index (χ0) is 17.7. The first-order valence-corrected chi connectivity index (χ1v) is 11.0. The van der Waals surface area contributed by atoms with Crippen LogP contribution < -0.4 is 0 Å². The van der Waals surface area contributed by atoms with E-state index in [4.69, 9.17) is 0 Å². The van der Waals surface area contributed by atoms with Crippen LogP contribution in [-0.2, 0) is 19.9 Å². The maximum Gasteiger partial charge on any atom is 0.274 e. The molecule has 0 bridgehead atoms. The minimum absolute atomic E-state index is 0.0700. The Balaban J connectivity index is 1.94. The van der Waals surface area contributed by atoms with Crippen LogP contribution in [0.5, 0.6) is 0 Å². The Morgan fingerprint density at radius 2 is 1.83 bits per heavy atom. The summed E-state index contributed by atoms with van der Waals surface area (Å²) in [4.78, 5) is 22.2. The molecule has 2 aliphatic heterocycles. The van der Waals surface area contributed by atoms with E-state index in [0.717, 1.165) is 6.26 Å². The van der Waals surface area contributed by atoms with Gasteiger partial charge in [-0.05, 0) is 6.92 Å². The van der Waals surface area contributed by atoms with Gasteiger partial charge in [0.2, 0.25) is 10.0 Å². The molecule has 9 nitrogen and oxygen atoms in total. The summed E-state index contributed by atoms with van der Waals surface area (Å²) >= 11 is 0. The van der Waals surface area contributed by atoms with E-state index >= 15 is 0 Å². The Morgan fingerprint density at radius 3 is 2.42 bits per heavy atom. The molecule has 0 aromatic carbocycles. The average molecular weight is 374 g/mol. The van der Waals surface area contributed by atoms with Crippen molar-refractivity contribution in [3.63, 3.8) is 0 Å². The smallest absolute Gasteiger partial charge is 0.274 e. The highest BCUT2D eigenvalue weighted by Gasteiger charge is 2.50. The van der Waals surface area contributed by atoms with Gasteiger partial charge in [-0.2, -0.15) is 4.31 Å². The number of carbonyl (C=O) groups excluding carboxylic acids is 1. The molecule has 1 amide bonds. The summed E-state index contributed by atoms with van der Waals surface area (Å²) < 4.78 is 49.1. The Kier molecular flexibility index (Phi) is 4.12. The number of carbonyl (C=O) groups is 1. The number of rotatable bonds is 2. The molecule has 2 atom stereocenters. The second-order valence-electron chi connectivity index (χ2n) is 6.13. The number of sulfone groups is 1. The lowest BCUT2D eigenvalue weighted by molar-refractivity contribution is 0.0510. The van der Waals surface area contributed by atoms with Gasteiger partial charge in [0.1, 0.15) is 5.69 Å². The molecule has 3 heterocycles. The molecule has 2 saturated heterocycles. The van der Waals surface area contributed by atoms with Gasteiger partial charge >= 0.3 is 0 Å². The van der Waals surface area contributed by atoms with Crippen molar-refractivity contribution in [2.45, 2.75) is 19.0 Å². The maximum absolute atomic E-state index is 12.7. The van der Waals surface area contributed by atoms with Crippen molar-refractivity contribution in [1.82, 2.24) is 19.2 Å². The predicted octanol–water partition coefficient (Wildman–Crippen LogP) is -1.33. The van der Waals surface area contributed by atoms with Crippen molar-refractivity contribution < 1.29 is 21.6 Å². The van der Waals surface area contributed by atoms with Crippen LogP contribution in [0.15, 0.2) is 12.4 Å². The van der Waals surface area contributed by atoms with Gasteiger partial charge in [0.15, 0.2) is 9.84 Å². The Bertz CT molecular complexity index is 866. The van der Waals surface area contributed by atoms with Crippen molar-refractivity contribution >= 4 is 25.8 Å². The van der Waals surface area contributed by atoms with E-state index in [1.54, 1.807) is 6.92 Å². The number of amides is 1. The molecule has 0 radical (unpaired) electrons. The number of hydrogen-bond acceptors (Lipinski definition) is 7. The van der Waals surface area contributed by atoms with Gasteiger partial charge in [0.05, 0.1) is 41.7 Å². The van der Waals surface area contributed by atoms with Crippen LogP contribution >= 0.6 is 0 Å². The fraction of sp³-hybridized carbons (Fsp3) is 0.615. The SMILES string of the molecule is Cc1cnc(C(=O)N2CCN(S(C)(=O)=O)[C@@H]3CS(=O)(=O)C[C@@H]32)cn1. The molecule has 0 aliphatic carbocycles. The van der Waals surface area contributed by atoms with E-state index < -0.39 is 37.9 Å². The molecule has 2 aliphatic rings. The van der Waals surface area contributed by atoms with Gasteiger partial charge < -0.3 is 4.90 Å². The molecule has 24 heavy (non-hydrogen) atoms. The molecule has 0 N–H and O–H groups in total. The monoisotopic (exact) mass is 374 g/mol. The van der Waals surface area contributed by atoms with E-state index in [0.29, 0.717) is 5.69 Å². The molecule has 3 rings (SSSR count). The van der Waals surface area contributed by atoms with Gasteiger partial charge in [-0.25, -0.2) is 21.8 Å². The zero-order valence-corrected chi connectivity index (χ0v) is 14.9. The first-order chi connectivity index (χ1) is 11.1. The topological polar surface area (TPSA) is 118 Å². The summed E-state index contributed by atoms with van der Waals surface area (Å²) in [6, 6.07) is -1.45. The third-order valence-corrected chi connectivity index (χ3v) is 7.32. The normalized spacial score (nSPS) is 27.0. The molecule has 1 aromatic rings. The summed E-state index contributed by atoms with van der Waals surface area (Å²) in [5.74, 6) is -0.939. The Morgan fingerprint density at radius 1 is 1.17 bits per heavy atom. The molecular formula is C13H18N4O5S2. The fourth-order valence-electron chi connectivity index (χ4n) is 3.24. The second-order valence-corrected chi connectivity index (χ2v) is 10.2. The molecule has 2 fully saturated rings.